The largest absolute Gasteiger partial charge is 0.369 e. The third-order valence-electron chi connectivity index (χ3n) is 5.69. The van der Waals surface area contributed by atoms with Crippen LogP contribution in [0.15, 0.2) is 34.1 Å². The number of hydrogen-bond acceptors (Lipinski definition) is 6. The van der Waals surface area contributed by atoms with Crippen LogP contribution in [0.25, 0.3) is 0 Å². The Balaban J connectivity index is 1.51. The summed E-state index contributed by atoms with van der Waals surface area (Å²) in [4.78, 5) is 13.6. The molecule has 2 fully saturated rings. The zero-order valence-electron chi connectivity index (χ0n) is 17.0. The lowest BCUT2D eigenvalue weighted by molar-refractivity contribution is -0.123. The van der Waals surface area contributed by atoms with Crippen molar-refractivity contribution in [2.75, 3.05) is 39.3 Å². The summed E-state index contributed by atoms with van der Waals surface area (Å²) in [6.07, 6.45) is 4.01. The van der Waals surface area contributed by atoms with Crippen LogP contribution < -0.4 is 10.5 Å². The first-order valence-electron chi connectivity index (χ1n) is 10.3. The van der Waals surface area contributed by atoms with Gasteiger partial charge in [0.1, 0.15) is 0 Å². The predicted molar refractivity (Wildman–Crippen MR) is 113 cm³/mol. The van der Waals surface area contributed by atoms with Gasteiger partial charge in [-0.15, -0.1) is 0 Å². The van der Waals surface area contributed by atoms with Gasteiger partial charge in [0.05, 0.1) is 15.7 Å². The number of nitrogens with zero attached hydrogens (tertiary/aromatic N) is 2. The summed E-state index contributed by atoms with van der Waals surface area (Å²) < 4.78 is 54.1. The lowest BCUT2D eigenvalue weighted by Crippen LogP contribution is -2.42. The lowest BCUT2D eigenvalue weighted by atomic mass is 9.97. The van der Waals surface area contributed by atoms with Gasteiger partial charge >= 0.3 is 0 Å². The van der Waals surface area contributed by atoms with Gasteiger partial charge in [-0.1, -0.05) is 0 Å². The molecule has 3 N–H and O–H groups in total. The molecular formula is C19H30N4O5S2. The normalized spacial score (nSPS) is 21.7. The molecule has 2 aliphatic heterocycles. The van der Waals surface area contributed by atoms with Crippen LogP contribution in [0.3, 0.4) is 0 Å². The molecule has 1 unspecified atom stereocenters. The average molecular weight is 459 g/mol. The smallest absolute Gasteiger partial charge is 0.243 e. The monoisotopic (exact) mass is 458 g/mol. The van der Waals surface area contributed by atoms with E-state index < -0.39 is 20.0 Å². The number of hydrogen-bond donors (Lipinski definition) is 2. The number of primary amides is 1. The second kappa shape index (κ2) is 9.73. The molecule has 0 bridgehead atoms. The molecule has 0 saturated carbocycles. The molecule has 0 spiro atoms. The van der Waals surface area contributed by atoms with Gasteiger partial charge < -0.3 is 10.6 Å². The summed E-state index contributed by atoms with van der Waals surface area (Å²) in [5, 5.41) is 0. The Morgan fingerprint density at radius 3 is 2.27 bits per heavy atom. The van der Waals surface area contributed by atoms with E-state index in [2.05, 4.69) is 9.62 Å². The molecule has 1 atom stereocenters. The molecular weight excluding hydrogens is 428 g/mol. The van der Waals surface area contributed by atoms with E-state index >= 15 is 0 Å². The minimum absolute atomic E-state index is 0.0367. The Morgan fingerprint density at radius 1 is 1.00 bits per heavy atom. The van der Waals surface area contributed by atoms with E-state index in [-0.39, 0.29) is 28.2 Å². The summed E-state index contributed by atoms with van der Waals surface area (Å²) in [6.45, 7) is 3.44. The second-order valence-corrected chi connectivity index (χ2v) is 11.6. The molecule has 3 rings (SSSR count). The van der Waals surface area contributed by atoms with Gasteiger partial charge in [0.2, 0.25) is 26.0 Å². The van der Waals surface area contributed by atoms with E-state index in [1.807, 2.05) is 0 Å². The van der Waals surface area contributed by atoms with Crippen LogP contribution >= 0.6 is 0 Å². The summed E-state index contributed by atoms with van der Waals surface area (Å²) in [5.74, 6) is -0.415. The van der Waals surface area contributed by atoms with Crippen molar-refractivity contribution in [3.05, 3.63) is 24.3 Å². The number of carbonyl (C=O) groups excluding carboxylic acids is 1. The minimum atomic E-state index is -3.72. The summed E-state index contributed by atoms with van der Waals surface area (Å²) >= 11 is 0. The number of nitrogens with one attached hydrogen (secondary N) is 1. The van der Waals surface area contributed by atoms with Gasteiger partial charge in [0.25, 0.3) is 0 Å². The molecule has 2 heterocycles. The molecule has 2 saturated heterocycles. The zero-order valence-corrected chi connectivity index (χ0v) is 18.6. The van der Waals surface area contributed by atoms with Gasteiger partial charge in [-0.2, -0.15) is 4.31 Å². The Bertz CT molecular complexity index is 942. The summed E-state index contributed by atoms with van der Waals surface area (Å²) in [6, 6.07) is 5.35. The van der Waals surface area contributed by atoms with E-state index in [0.29, 0.717) is 32.6 Å². The fraction of sp³-hybridized carbons (Fsp3) is 0.632. The summed E-state index contributed by atoms with van der Waals surface area (Å²) in [5.41, 5.74) is 5.38. The van der Waals surface area contributed by atoms with Crippen molar-refractivity contribution < 1.29 is 21.6 Å². The van der Waals surface area contributed by atoms with Gasteiger partial charge in [-0.3, -0.25) is 4.79 Å². The SMILES string of the molecule is NC(=O)C1CCCN(CCCNS(=O)(=O)c2ccc(S(=O)(=O)N3CCCC3)cc2)C1. The van der Waals surface area contributed by atoms with Gasteiger partial charge in [-0.05, 0) is 69.5 Å². The van der Waals surface area contributed by atoms with E-state index in [1.54, 1.807) is 0 Å². The molecule has 1 aromatic carbocycles. The lowest BCUT2D eigenvalue weighted by Gasteiger charge is -2.31. The van der Waals surface area contributed by atoms with Crippen molar-refractivity contribution in [1.29, 1.82) is 0 Å². The number of amides is 1. The third-order valence-corrected chi connectivity index (χ3v) is 9.08. The number of benzene rings is 1. The Labute approximate surface area is 178 Å². The first-order valence-corrected chi connectivity index (χ1v) is 13.2. The molecule has 1 aromatic rings. The first-order chi connectivity index (χ1) is 14.2. The molecule has 9 nitrogen and oxygen atoms in total. The molecule has 11 heteroatoms. The van der Waals surface area contributed by atoms with Gasteiger partial charge in [0.15, 0.2) is 0 Å². The Hall–Kier alpha value is -1.53. The number of piperidine rings is 1. The van der Waals surface area contributed by atoms with Crippen LogP contribution in [0.5, 0.6) is 0 Å². The van der Waals surface area contributed by atoms with Crippen LogP contribution in [-0.4, -0.2) is 71.2 Å². The maximum atomic E-state index is 12.5. The molecule has 30 heavy (non-hydrogen) atoms. The maximum absolute atomic E-state index is 12.5. The number of carbonyl (C=O) groups is 1. The number of sulfonamides is 2. The highest BCUT2D eigenvalue weighted by Gasteiger charge is 2.27. The van der Waals surface area contributed by atoms with E-state index in [4.69, 9.17) is 5.73 Å². The van der Waals surface area contributed by atoms with Crippen LogP contribution in [-0.2, 0) is 24.8 Å². The molecule has 168 valence electrons. The molecule has 1 amide bonds. The molecule has 2 aliphatic rings. The number of rotatable bonds is 9. The van der Waals surface area contributed by atoms with Crippen LogP contribution in [0, 0.1) is 5.92 Å². The van der Waals surface area contributed by atoms with Crippen molar-refractivity contribution in [2.45, 2.75) is 41.9 Å². The molecule has 0 aromatic heterocycles. The van der Waals surface area contributed by atoms with E-state index in [0.717, 1.165) is 32.2 Å². The highest BCUT2D eigenvalue weighted by molar-refractivity contribution is 7.89. The van der Waals surface area contributed by atoms with Crippen molar-refractivity contribution in [3.63, 3.8) is 0 Å². The van der Waals surface area contributed by atoms with Crippen molar-refractivity contribution in [2.24, 2.45) is 11.7 Å². The highest BCUT2D eigenvalue weighted by atomic mass is 32.2. The molecule has 0 radical (unpaired) electrons. The minimum Gasteiger partial charge on any atom is -0.369 e. The van der Waals surface area contributed by atoms with Crippen molar-refractivity contribution in [1.82, 2.24) is 13.9 Å². The third kappa shape index (κ3) is 5.58. The topological polar surface area (TPSA) is 130 Å². The van der Waals surface area contributed by atoms with Crippen molar-refractivity contribution >= 4 is 26.0 Å². The quantitative estimate of drug-likeness (QED) is 0.513. The zero-order chi connectivity index (χ0) is 21.8. The van der Waals surface area contributed by atoms with Gasteiger partial charge in [-0.25, -0.2) is 21.6 Å². The van der Waals surface area contributed by atoms with Crippen molar-refractivity contribution in [3.8, 4) is 0 Å². The number of nitrogens with two attached hydrogens (primary N) is 1. The highest BCUT2D eigenvalue weighted by Crippen LogP contribution is 2.22. The first kappa shape index (κ1) is 23.1. The number of likely N-dealkylation sites (tertiary alicyclic amines) is 1. The van der Waals surface area contributed by atoms with Gasteiger partial charge in [0, 0.05) is 26.2 Å². The van der Waals surface area contributed by atoms with E-state index in [9.17, 15) is 21.6 Å². The van der Waals surface area contributed by atoms with E-state index in [1.165, 1.54) is 28.6 Å². The summed E-state index contributed by atoms with van der Waals surface area (Å²) in [7, 11) is -7.29. The van der Waals surface area contributed by atoms with Crippen LogP contribution in [0.2, 0.25) is 0 Å². The molecule has 0 aliphatic carbocycles. The Morgan fingerprint density at radius 2 is 1.63 bits per heavy atom. The fourth-order valence-corrected chi connectivity index (χ4v) is 6.54. The predicted octanol–water partition coefficient (Wildman–Crippen LogP) is 0.337. The Kier molecular flexibility index (Phi) is 7.51. The second-order valence-electron chi connectivity index (χ2n) is 7.88. The van der Waals surface area contributed by atoms with Crippen LogP contribution in [0.4, 0.5) is 0 Å². The standard InChI is InChI=1S/C19H30N4O5S2/c20-19(24)16-5-3-11-22(15-16)12-4-10-21-29(25,26)17-6-8-18(9-7-17)30(27,28)23-13-1-2-14-23/h6-9,16,21H,1-5,10-15H2,(H2,20,24). The average Bonchev–Trinajstić information content (AvgIpc) is 3.27. The van der Waals surface area contributed by atoms with Crippen LogP contribution in [0.1, 0.15) is 32.1 Å². The fourth-order valence-electron chi connectivity index (χ4n) is 3.95. The maximum Gasteiger partial charge on any atom is 0.243 e.